The summed E-state index contributed by atoms with van der Waals surface area (Å²) < 4.78 is 4.83. The summed E-state index contributed by atoms with van der Waals surface area (Å²) in [4.78, 5) is 10.2. The lowest BCUT2D eigenvalue weighted by atomic mass is 9.94. The fourth-order valence-electron chi connectivity index (χ4n) is 10.7. The Balaban J connectivity index is 0.885. The number of para-hydroxylation sites is 2. The molecule has 14 aromatic rings. The van der Waals surface area contributed by atoms with Crippen LogP contribution in [0.1, 0.15) is 0 Å². The van der Waals surface area contributed by atoms with Crippen molar-refractivity contribution < 1.29 is 0 Å². The number of aromatic nitrogens is 4. The van der Waals surface area contributed by atoms with E-state index in [2.05, 4.69) is 240 Å². The molecule has 0 unspecified atom stereocenters. The molecule has 0 amide bonds. The van der Waals surface area contributed by atoms with Crippen LogP contribution in [0.2, 0.25) is 0 Å². The molecule has 0 spiro atoms. The molecular formula is C64H40N4. The zero-order valence-electron chi connectivity index (χ0n) is 36.9. The highest BCUT2D eigenvalue weighted by atomic mass is 15.0. The monoisotopic (exact) mass is 864 g/mol. The van der Waals surface area contributed by atoms with E-state index in [9.17, 15) is 0 Å². The predicted octanol–water partition coefficient (Wildman–Crippen LogP) is 16.8. The average molecular weight is 865 g/mol. The molecule has 0 fully saturated rings. The van der Waals surface area contributed by atoms with E-state index < -0.39 is 0 Å². The molecule has 0 aliphatic carbocycles. The summed E-state index contributed by atoms with van der Waals surface area (Å²) in [5.41, 5.74) is 14.2. The highest BCUT2D eigenvalue weighted by Crippen LogP contribution is 2.41. The molecule has 3 heterocycles. The second kappa shape index (κ2) is 15.2. The fraction of sp³-hybridized carbons (Fsp3) is 0. The Morgan fingerprint density at radius 3 is 1.25 bits per heavy atom. The topological polar surface area (TPSA) is 35.6 Å². The lowest BCUT2D eigenvalue weighted by molar-refractivity contribution is 1.16. The minimum atomic E-state index is 0.697. The molecule has 0 saturated heterocycles. The van der Waals surface area contributed by atoms with Crippen molar-refractivity contribution in [3.05, 3.63) is 243 Å². The summed E-state index contributed by atoms with van der Waals surface area (Å²) in [7, 11) is 0. The molecule has 0 atom stereocenters. The van der Waals surface area contributed by atoms with Crippen LogP contribution in [-0.2, 0) is 0 Å². The first-order valence-electron chi connectivity index (χ1n) is 23.2. The molecule has 4 nitrogen and oxygen atoms in total. The third kappa shape index (κ3) is 6.01. The van der Waals surface area contributed by atoms with E-state index >= 15 is 0 Å². The first-order valence-corrected chi connectivity index (χ1v) is 23.2. The SMILES string of the molecule is c1ccc(-c2cc(-c3ccccc3)nc(-c3ccc(-n4c5ccccc5c5cc(-c6ccc7c8ccccc8n(-c8ccc9c%10ccccc%10c%10ccccc%10c9c8)c7c6)ccc54)cc3)n2)cc1. The lowest BCUT2D eigenvalue weighted by Crippen LogP contribution is -1.97. The van der Waals surface area contributed by atoms with Gasteiger partial charge in [0.15, 0.2) is 5.82 Å². The smallest absolute Gasteiger partial charge is 0.160 e. The van der Waals surface area contributed by atoms with Crippen LogP contribution < -0.4 is 0 Å². The molecule has 11 aromatic carbocycles. The third-order valence-electron chi connectivity index (χ3n) is 13.9. The Morgan fingerprint density at radius 1 is 0.221 bits per heavy atom. The Kier molecular flexibility index (Phi) is 8.55. The highest BCUT2D eigenvalue weighted by Gasteiger charge is 2.18. The Labute approximate surface area is 392 Å². The van der Waals surface area contributed by atoms with Gasteiger partial charge in [-0.2, -0.15) is 0 Å². The summed E-state index contributed by atoms with van der Waals surface area (Å²) >= 11 is 0. The molecule has 316 valence electrons. The van der Waals surface area contributed by atoms with Gasteiger partial charge in [-0.1, -0.05) is 170 Å². The normalized spacial score (nSPS) is 11.8. The quantitative estimate of drug-likeness (QED) is 0.156. The first-order chi connectivity index (χ1) is 33.7. The summed E-state index contributed by atoms with van der Waals surface area (Å²) in [6.45, 7) is 0. The largest absolute Gasteiger partial charge is 0.309 e. The van der Waals surface area contributed by atoms with Gasteiger partial charge >= 0.3 is 0 Å². The second-order valence-electron chi connectivity index (χ2n) is 17.7. The Morgan fingerprint density at radius 2 is 0.632 bits per heavy atom. The van der Waals surface area contributed by atoms with Gasteiger partial charge in [-0.05, 0) is 116 Å². The third-order valence-corrected chi connectivity index (χ3v) is 13.9. The van der Waals surface area contributed by atoms with Crippen molar-refractivity contribution in [3.8, 4) is 56.4 Å². The van der Waals surface area contributed by atoms with Gasteiger partial charge < -0.3 is 9.13 Å². The molecule has 0 aliphatic rings. The summed E-state index contributed by atoms with van der Waals surface area (Å²) in [6.07, 6.45) is 0. The zero-order valence-corrected chi connectivity index (χ0v) is 36.9. The number of benzene rings is 11. The Hall–Kier alpha value is -9.12. The van der Waals surface area contributed by atoms with Crippen LogP contribution in [0.15, 0.2) is 243 Å². The average Bonchev–Trinajstić information content (AvgIpc) is 3.93. The van der Waals surface area contributed by atoms with Gasteiger partial charge in [0.1, 0.15) is 0 Å². The van der Waals surface area contributed by atoms with E-state index in [0.29, 0.717) is 5.82 Å². The number of rotatable bonds is 6. The molecule has 68 heavy (non-hydrogen) atoms. The van der Waals surface area contributed by atoms with Gasteiger partial charge in [-0.25, -0.2) is 9.97 Å². The van der Waals surface area contributed by atoms with Gasteiger partial charge in [-0.15, -0.1) is 0 Å². The van der Waals surface area contributed by atoms with Gasteiger partial charge in [0.05, 0.1) is 33.5 Å². The molecule has 4 heteroatoms. The van der Waals surface area contributed by atoms with Gasteiger partial charge in [0.25, 0.3) is 0 Å². The van der Waals surface area contributed by atoms with Crippen molar-refractivity contribution in [1.82, 2.24) is 19.1 Å². The fourth-order valence-corrected chi connectivity index (χ4v) is 10.7. The van der Waals surface area contributed by atoms with Gasteiger partial charge in [-0.3, -0.25) is 0 Å². The second-order valence-corrected chi connectivity index (χ2v) is 17.7. The van der Waals surface area contributed by atoms with Gasteiger partial charge in [0, 0.05) is 49.6 Å². The van der Waals surface area contributed by atoms with Crippen molar-refractivity contribution in [2.24, 2.45) is 0 Å². The van der Waals surface area contributed by atoms with Crippen LogP contribution in [0.25, 0.3) is 132 Å². The van der Waals surface area contributed by atoms with E-state index in [1.54, 1.807) is 0 Å². The summed E-state index contributed by atoms with van der Waals surface area (Å²) in [5.74, 6) is 0.697. The molecule has 0 radical (unpaired) electrons. The summed E-state index contributed by atoms with van der Waals surface area (Å²) in [6, 6.07) is 87.6. The van der Waals surface area contributed by atoms with E-state index in [0.717, 1.165) is 50.5 Å². The standard InChI is InChI=1S/C64H40N4/c1-3-15-41(16-4-1)58-40-59(42-17-5-2-6-18-42)66-64(65-58)43-27-31-46(32-28-43)67-61-26-14-12-24-54(61)57-37-44(30-36-62(57)67)45-29-34-55-53-23-11-13-25-60(53)68(63(55)38-45)47-33-35-52-50-21-8-7-19-48(50)49-20-9-10-22-51(49)56(52)39-47/h1-40H. The molecule has 0 bridgehead atoms. The van der Waals surface area contributed by atoms with Gasteiger partial charge in [0.2, 0.25) is 0 Å². The van der Waals surface area contributed by atoms with E-state index in [1.807, 2.05) is 12.1 Å². The van der Waals surface area contributed by atoms with Crippen molar-refractivity contribution in [3.63, 3.8) is 0 Å². The molecule has 0 aliphatic heterocycles. The van der Waals surface area contributed by atoms with E-state index in [4.69, 9.17) is 9.97 Å². The number of nitrogens with zero attached hydrogens (tertiary/aromatic N) is 4. The Bertz CT molecular complexity index is 4200. The highest BCUT2D eigenvalue weighted by molar-refractivity contribution is 6.25. The number of hydrogen-bond acceptors (Lipinski definition) is 2. The van der Waals surface area contributed by atoms with Crippen molar-refractivity contribution in [1.29, 1.82) is 0 Å². The predicted molar refractivity (Wildman–Crippen MR) is 285 cm³/mol. The van der Waals surface area contributed by atoms with Crippen LogP contribution >= 0.6 is 0 Å². The van der Waals surface area contributed by atoms with Crippen molar-refractivity contribution in [2.75, 3.05) is 0 Å². The lowest BCUT2D eigenvalue weighted by Gasteiger charge is -2.14. The zero-order chi connectivity index (χ0) is 44.7. The number of fused-ring (bicyclic) bond motifs is 12. The summed E-state index contributed by atoms with van der Waals surface area (Å²) in [5, 5.41) is 12.6. The molecule has 3 aromatic heterocycles. The van der Waals surface area contributed by atoms with E-state index in [1.165, 1.54) is 76.0 Å². The minimum absolute atomic E-state index is 0.697. The van der Waals surface area contributed by atoms with Crippen LogP contribution in [-0.4, -0.2) is 19.1 Å². The van der Waals surface area contributed by atoms with Crippen LogP contribution in [0.5, 0.6) is 0 Å². The van der Waals surface area contributed by atoms with E-state index in [-0.39, 0.29) is 0 Å². The number of hydrogen-bond donors (Lipinski definition) is 0. The minimum Gasteiger partial charge on any atom is -0.309 e. The molecule has 0 saturated carbocycles. The van der Waals surface area contributed by atoms with Crippen LogP contribution in [0, 0.1) is 0 Å². The molecular weight excluding hydrogens is 825 g/mol. The first kappa shape index (κ1) is 38.2. The van der Waals surface area contributed by atoms with Crippen molar-refractivity contribution in [2.45, 2.75) is 0 Å². The maximum Gasteiger partial charge on any atom is 0.160 e. The molecule has 0 N–H and O–H groups in total. The maximum atomic E-state index is 5.10. The van der Waals surface area contributed by atoms with Crippen LogP contribution in [0.4, 0.5) is 0 Å². The molecule has 14 rings (SSSR count). The maximum absolute atomic E-state index is 5.10. The van der Waals surface area contributed by atoms with Crippen molar-refractivity contribution >= 4 is 75.9 Å². The van der Waals surface area contributed by atoms with Crippen LogP contribution in [0.3, 0.4) is 0 Å².